The highest BCUT2D eigenvalue weighted by molar-refractivity contribution is 7.22. The molecule has 2 aromatic carbocycles. The lowest BCUT2D eigenvalue weighted by atomic mass is 10.1. The summed E-state index contributed by atoms with van der Waals surface area (Å²) in [6.45, 7) is 0. The number of rotatable bonds is 3. The molecule has 3 heterocycles. The average molecular weight is 358 g/mol. The minimum atomic E-state index is 0.583. The molecule has 5 aromatic rings. The van der Waals surface area contributed by atoms with Crippen molar-refractivity contribution in [3.05, 3.63) is 72.1 Å². The lowest BCUT2D eigenvalue weighted by Crippen LogP contribution is -2.01. The molecular weight excluding hydrogens is 344 g/mol. The highest BCUT2D eigenvalue weighted by Crippen LogP contribution is 2.25. The second-order valence-corrected chi connectivity index (χ2v) is 7.06. The second kappa shape index (κ2) is 5.89. The third kappa shape index (κ3) is 2.58. The van der Waals surface area contributed by atoms with Gasteiger partial charge in [-0.25, -0.2) is 4.98 Å². The fraction of sp³-hybridized carbons (Fsp3) is 0.0526. The van der Waals surface area contributed by atoms with E-state index in [0.29, 0.717) is 11.6 Å². The van der Waals surface area contributed by atoms with E-state index >= 15 is 0 Å². The number of aromatic nitrogens is 5. The van der Waals surface area contributed by atoms with Gasteiger partial charge in [0, 0.05) is 12.0 Å². The summed E-state index contributed by atoms with van der Waals surface area (Å²) in [6, 6.07) is 20.1. The fourth-order valence-corrected chi connectivity index (χ4v) is 3.78. The van der Waals surface area contributed by atoms with Crippen LogP contribution in [0.2, 0.25) is 0 Å². The van der Waals surface area contributed by atoms with E-state index in [-0.39, 0.29) is 0 Å². The van der Waals surface area contributed by atoms with Gasteiger partial charge in [0.25, 0.3) is 0 Å². The van der Waals surface area contributed by atoms with E-state index in [0.717, 1.165) is 38.5 Å². The number of hydrogen-bond acceptors (Lipinski definition) is 6. The van der Waals surface area contributed by atoms with Gasteiger partial charge < -0.3 is 5.73 Å². The lowest BCUT2D eigenvalue weighted by molar-refractivity contribution is 0.842. The molecule has 5 rings (SSSR count). The zero-order chi connectivity index (χ0) is 17.5. The number of benzene rings is 2. The van der Waals surface area contributed by atoms with Crippen molar-refractivity contribution >= 4 is 32.3 Å². The summed E-state index contributed by atoms with van der Waals surface area (Å²) >= 11 is 1.49. The van der Waals surface area contributed by atoms with Crippen LogP contribution in [0.1, 0.15) is 11.4 Å². The summed E-state index contributed by atoms with van der Waals surface area (Å²) < 4.78 is 2.89. The predicted octanol–water partition coefficient (Wildman–Crippen LogP) is 3.57. The van der Waals surface area contributed by atoms with Gasteiger partial charge in [0.05, 0.1) is 15.9 Å². The topological polar surface area (TPSA) is 82.0 Å². The first kappa shape index (κ1) is 15.0. The van der Waals surface area contributed by atoms with Crippen LogP contribution in [0.3, 0.4) is 0 Å². The minimum Gasteiger partial charge on any atom is -0.375 e. The SMILES string of the molecule is Nc1nc2ccc(Cc3nnc4ccc(-c5ccccc5)nn34)cc2s1. The normalized spacial score (nSPS) is 11.4. The third-order valence-corrected chi connectivity index (χ3v) is 5.08. The summed E-state index contributed by atoms with van der Waals surface area (Å²) in [5.41, 5.74) is 10.5. The Morgan fingerprint density at radius 3 is 2.73 bits per heavy atom. The molecule has 0 atom stereocenters. The number of thiazole rings is 1. The van der Waals surface area contributed by atoms with Crippen molar-refractivity contribution in [2.24, 2.45) is 0 Å². The van der Waals surface area contributed by atoms with Gasteiger partial charge in [-0.3, -0.25) is 0 Å². The van der Waals surface area contributed by atoms with Crippen molar-refractivity contribution in [2.75, 3.05) is 5.73 Å². The molecule has 0 bridgehead atoms. The van der Waals surface area contributed by atoms with Crippen LogP contribution in [-0.2, 0) is 6.42 Å². The van der Waals surface area contributed by atoms with E-state index < -0.39 is 0 Å². The maximum absolute atomic E-state index is 5.79. The maximum Gasteiger partial charge on any atom is 0.181 e. The average Bonchev–Trinajstić information content (AvgIpc) is 3.24. The molecule has 2 N–H and O–H groups in total. The molecule has 0 aliphatic rings. The van der Waals surface area contributed by atoms with Crippen LogP contribution in [0.4, 0.5) is 5.13 Å². The van der Waals surface area contributed by atoms with Gasteiger partial charge in [-0.1, -0.05) is 47.7 Å². The van der Waals surface area contributed by atoms with Crippen LogP contribution < -0.4 is 5.73 Å². The van der Waals surface area contributed by atoms with Gasteiger partial charge >= 0.3 is 0 Å². The Morgan fingerprint density at radius 2 is 1.85 bits per heavy atom. The first-order chi connectivity index (χ1) is 12.8. The van der Waals surface area contributed by atoms with Gasteiger partial charge in [-0.15, -0.1) is 10.2 Å². The summed E-state index contributed by atoms with van der Waals surface area (Å²) in [4.78, 5) is 4.30. The molecule has 0 spiro atoms. The third-order valence-electron chi connectivity index (χ3n) is 4.23. The van der Waals surface area contributed by atoms with Crippen LogP contribution in [0.5, 0.6) is 0 Å². The molecule has 0 aliphatic carbocycles. The number of hydrogen-bond donors (Lipinski definition) is 1. The first-order valence-corrected chi connectivity index (χ1v) is 9.00. The highest BCUT2D eigenvalue weighted by Gasteiger charge is 2.11. The van der Waals surface area contributed by atoms with E-state index in [1.165, 1.54) is 11.3 Å². The number of nitrogens with zero attached hydrogens (tertiary/aromatic N) is 5. The second-order valence-electron chi connectivity index (χ2n) is 6.00. The molecule has 3 aromatic heterocycles. The van der Waals surface area contributed by atoms with Crippen molar-refractivity contribution < 1.29 is 0 Å². The lowest BCUT2D eigenvalue weighted by Gasteiger charge is -2.03. The molecule has 0 radical (unpaired) electrons. The number of fused-ring (bicyclic) bond motifs is 2. The van der Waals surface area contributed by atoms with E-state index in [2.05, 4.69) is 21.2 Å². The Kier molecular flexibility index (Phi) is 3.39. The molecule has 0 saturated heterocycles. The molecular formula is C19H14N6S. The van der Waals surface area contributed by atoms with Crippen LogP contribution in [0.25, 0.3) is 27.1 Å². The number of anilines is 1. The largest absolute Gasteiger partial charge is 0.375 e. The van der Waals surface area contributed by atoms with E-state index in [9.17, 15) is 0 Å². The van der Waals surface area contributed by atoms with E-state index in [1.807, 2.05) is 59.1 Å². The standard InChI is InChI=1S/C19H14N6S/c20-19-21-15-7-6-12(10-16(15)26-19)11-18-23-22-17-9-8-14(24-25(17)18)13-4-2-1-3-5-13/h1-10H,11H2,(H2,20,21). The highest BCUT2D eigenvalue weighted by atomic mass is 32.1. The van der Waals surface area contributed by atoms with Gasteiger partial charge in [0.15, 0.2) is 16.6 Å². The molecule has 26 heavy (non-hydrogen) atoms. The summed E-state index contributed by atoms with van der Waals surface area (Å²) in [5.74, 6) is 0.801. The monoisotopic (exact) mass is 358 g/mol. The maximum atomic E-state index is 5.79. The molecule has 6 nitrogen and oxygen atoms in total. The first-order valence-electron chi connectivity index (χ1n) is 8.18. The Bertz CT molecular complexity index is 1220. The van der Waals surface area contributed by atoms with Crippen molar-refractivity contribution in [2.45, 2.75) is 6.42 Å². The molecule has 0 saturated carbocycles. The van der Waals surface area contributed by atoms with Gasteiger partial charge in [0.1, 0.15) is 0 Å². The molecule has 0 amide bonds. The molecule has 0 fully saturated rings. The fourth-order valence-electron chi connectivity index (χ4n) is 2.99. The zero-order valence-corrected chi connectivity index (χ0v) is 14.5. The summed E-state index contributed by atoms with van der Waals surface area (Å²) in [6.07, 6.45) is 0.639. The molecule has 0 unspecified atom stereocenters. The summed E-state index contributed by atoms with van der Waals surface area (Å²) in [7, 11) is 0. The number of nitrogens with two attached hydrogens (primary N) is 1. The molecule has 7 heteroatoms. The quantitative estimate of drug-likeness (QED) is 0.533. The van der Waals surface area contributed by atoms with E-state index in [4.69, 9.17) is 10.8 Å². The zero-order valence-electron chi connectivity index (χ0n) is 13.7. The smallest absolute Gasteiger partial charge is 0.181 e. The van der Waals surface area contributed by atoms with Gasteiger partial charge in [0.2, 0.25) is 0 Å². The van der Waals surface area contributed by atoms with Crippen molar-refractivity contribution in [1.29, 1.82) is 0 Å². The van der Waals surface area contributed by atoms with Gasteiger partial charge in [-0.2, -0.15) is 9.61 Å². The minimum absolute atomic E-state index is 0.583. The summed E-state index contributed by atoms with van der Waals surface area (Å²) in [5, 5.41) is 13.9. The predicted molar refractivity (Wildman–Crippen MR) is 103 cm³/mol. The van der Waals surface area contributed by atoms with Crippen LogP contribution in [0, 0.1) is 0 Å². The van der Waals surface area contributed by atoms with Gasteiger partial charge in [-0.05, 0) is 29.8 Å². The van der Waals surface area contributed by atoms with Crippen LogP contribution in [-0.4, -0.2) is 24.8 Å². The van der Waals surface area contributed by atoms with Crippen molar-refractivity contribution in [1.82, 2.24) is 24.8 Å². The molecule has 126 valence electrons. The molecule has 0 aliphatic heterocycles. The van der Waals surface area contributed by atoms with Crippen LogP contribution >= 0.6 is 11.3 Å². The Balaban J connectivity index is 1.55. The van der Waals surface area contributed by atoms with Crippen LogP contribution in [0.15, 0.2) is 60.7 Å². The van der Waals surface area contributed by atoms with Crippen molar-refractivity contribution in [3.63, 3.8) is 0 Å². The van der Waals surface area contributed by atoms with Crippen molar-refractivity contribution in [3.8, 4) is 11.3 Å². The Labute approximate surface area is 153 Å². The van der Waals surface area contributed by atoms with E-state index in [1.54, 1.807) is 0 Å². The number of nitrogen functional groups attached to an aromatic ring is 1. The Hall–Kier alpha value is -3.32. The Morgan fingerprint density at radius 1 is 0.962 bits per heavy atom.